The standard InChI is InChI=1S/C18H20O2S/c1-11-8-9-14(18(20-3)12(11)2)17(19)15-10-21-16-7-5-4-6-13(15)16/h4-9,15,17,19H,10H2,1-3H3. The molecule has 1 N–H and O–H groups in total. The minimum atomic E-state index is -0.532. The Hall–Kier alpha value is -1.45. The van der Waals surface area contributed by atoms with Crippen molar-refractivity contribution in [3.05, 3.63) is 58.7 Å². The SMILES string of the molecule is COc1c(C(O)C2CSc3ccccc32)ccc(C)c1C. The van der Waals surface area contributed by atoms with Crippen molar-refractivity contribution in [2.75, 3.05) is 12.9 Å². The molecule has 0 aliphatic carbocycles. The van der Waals surface area contributed by atoms with Crippen LogP contribution in [0.5, 0.6) is 5.75 Å². The molecule has 0 aromatic heterocycles. The molecule has 0 amide bonds. The second kappa shape index (κ2) is 5.74. The molecular formula is C18H20O2S. The smallest absolute Gasteiger partial charge is 0.127 e. The minimum absolute atomic E-state index is 0.127. The summed E-state index contributed by atoms with van der Waals surface area (Å²) in [7, 11) is 1.68. The molecule has 2 aromatic rings. The molecule has 2 atom stereocenters. The molecular weight excluding hydrogens is 280 g/mol. The third-order valence-electron chi connectivity index (χ3n) is 4.35. The van der Waals surface area contributed by atoms with Crippen molar-refractivity contribution in [3.63, 3.8) is 0 Å². The number of hydrogen-bond acceptors (Lipinski definition) is 3. The van der Waals surface area contributed by atoms with E-state index in [9.17, 15) is 5.11 Å². The van der Waals surface area contributed by atoms with Gasteiger partial charge < -0.3 is 9.84 Å². The van der Waals surface area contributed by atoms with Crippen molar-refractivity contribution in [1.82, 2.24) is 0 Å². The van der Waals surface area contributed by atoms with E-state index >= 15 is 0 Å². The van der Waals surface area contributed by atoms with Crippen molar-refractivity contribution in [2.24, 2.45) is 0 Å². The molecule has 0 saturated heterocycles. The third-order valence-corrected chi connectivity index (χ3v) is 5.56. The summed E-state index contributed by atoms with van der Waals surface area (Å²) in [5.41, 5.74) is 4.43. The van der Waals surface area contributed by atoms with Crippen molar-refractivity contribution in [3.8, 4) is 5.75 Å². The van der Waals surface area contributed by atoms with E-state index in [4.69, 9.17) is 4.74 Å². The van der Waals surface area contributed by atoms with Crippen LogP contribution in [0.15, 0.2) is 41.3 Å². The van der Waals surface area contributed by atoms with Crippen LogP contribution >= 0.6 is 11.8 Å². The van der Waals surface area contributed by atoms with Gasteiger partial charge in [-0.05, 0) is 36.6 Å². The van der Waals surface area contributed by atoms with Crippen LogP contribution in [0.25, 0.3) is 0 Å². The number of hydrogen-bond donors (Lipinski definition) is 1. The van der Waals surface area contributed by atoms with Crippen LogP contribution in [0.3, 0.4) is 0 Å². The van der Waals surface area contributed by atoms with Gasteiger partial charge in [0, 0.05) is 22.1 Å². The first-order valence-electron chi connectivity index (χ1n) is 7.17. The van der Waals surface area contributed by atoms with Gasteiger partial charge in [0.1, 0.15) is 5.75 Å². The number of aliphatic hydroxyl groups is 1. The summed E-state index contributed by atoms with van der Waals surface area (Å²) in [6.45, 7) is 4.11. The van der Waals surface area contributed by atoms with E-state index in [-0.39, 0.29) is 5.92 Å². The highest BCUT2D eigenvalue weighted by Gasteiger charge is 2.31. The molecule has 3 heteroatoms. The predicted molar refractivity (Wildman–Crippen MR) is 87.3 cm³/mol. The first-order chi connectivity index (χ1) is 10.1. The van der Waals surface area contributed by atoms with Crippen molar-refractivity contribution in [2.45, 2.75) is 30.8 Å². The van der Waals surface area contributed by atoms with E-state index in [1.807, 2.05) is 30.8 Å². The maximum Gasteiger partial charge on any atom is 0.127 e. The summed E-state index contributed by atoms with van der Waals surface area (Å²) < 4.78 is 5.56. The molecule has 21 heavy (non-hydrogen) atoms. The third kappa shape index (κ3) is 2.45. The molecule has 1 aliphatic rings. The summed E-state index contributed by atoms with van der Waals surface area (Å²) in [6, 6.07) is 12.4. The lowest BCUT2D eigenvalue weighted by Crippen LogP contribution is -2.12. The molecule has 110 valence electrons. The van der Waals surface area contributed by atoms with Gasteiger partial charge in [-0.25, -0.2) is 0 Å². The Morgan fingerprint density at radius 2 is 1.95 bits per heavy atom. The number of aliphatic hydroxyl groups excluding tert-OH is 1. The zero-order chi connectivity index (χ0) is 15.0. The van der Waals surface area contributed by atoms with E-state index in [0.717, 1.165) is 22.6 Å². The number of methoxy groups -OCH3 is 1. The summed E-state index contributed by atoms with van der Waals surface area (Å²) in [5.74, 6) is 1.86. The lowest BCUT2D eigenvalue weighted by molar-refractivity contribution is 0.150. The Morgan fingerprint density at radius 1 is 1.19 bits per heavy atom. The lowest BCUT2D eigenvalue weighted by atomic mass is 9.89. The average molecular weight is 300 g/mol. The van der Waals surface area contributed by atoms with E-state index < -0.39 is 6.10 Å². The molecule has 0 saturated carbocycles. The van der Waals surface area contributed by atoms with Crippen molar-refractivity contribution in [1.29, 1.82) is 0 Å². The van der Waals surface area contributed by atoms with Gasteiger partial charge in [0.15, 0.2) is 0 Å². The number of aryl methyl sites for hydroxylation is 1. The minimum Gasteiger partial charge on any atom is -0.496 e. The van der Waals surface area contributed by atoms with Crippen LogP contribution in [-0.2, 0) is 0 Å². The molecule has 2 unspecified atom stereocenters. The molecule has 0 bridgehead atoms. The van der Waals surface area contributed by atoms with Gasteiger partial charge in [-0.3, -0.25) is 0 Å². The quantitative estimate of drug-likeness (QED) is 0.919. The molecule has 2 nitrogen and oxygen atoms in total. The topological polar surface area (TPSA) is 29.5 Å². The highest BCUT2D eigenvalue weighted by Crippen LogP contribution is 2.47. The van der Waals surface area contributed by atoms with Gasteiger partial charge in [0.25, 0.3) is 0 Å². The summed E-state index contributed by atoms with van der Waals surface area (Å²) in [5, 5.41) is 10.9. The predicted octanol–water partition coefficient (Wildman–Crippen LogP) is 4.23. The van der Waals surface area contributed by atoms with Crippen LogP contribution in [0, 0.1) is 13.8 Å². The van der Waals surface area contributed by atoms with Gasteiger partial charge in [-0.15, -0.1) is 11.8 Å². The fraction of sp³-hybridized carbons (Fsp3) is 0.333. The highest BCUT2D eigenvalue weighted by atomic mass is 32.2. The van der Waals surface area contributed by atoms with Gasteiger partial charge in [0.05, 0.1) is 13.2 Å². The van der Waals surface area contributed by atoms with Gasteiger partial charge >= 0.3 is 0 Å². The molecule has 0 radical (unpaired) electrons. The number of ether oxygens (including phenoxy) is 1. The number of rotatable bonds is 3. The number of thioether (sulfide) groups is 1. The first-order valence-corrected chi connectivity index (χ1v) is 8.16. The van der Waals surface area contributed by atoms with E-state index in [1.54, 1.807) is 7.11 Å². The largest absolute Gasteiger partial charge is 0.496 e. The fourth-order valence-corrected chi connectivity index (χ4v) is 4.26. The summed E-state index contributed by atoms with van der Waals surface area (Å²) in [6.07, 6.45) is -0.532. The van der Waals surface area contributed by atoms with Crippen molar-refractivity contribution < 1.29 is 9.84 Å². The average Bonchev–Trinajstić information content (AvgIpc) is 2.93. The molecule has 0 fully saturated rings. The van der Waals surface area contributed by atoms with Gasteiger partial charge in [0.2, 0.25) is 0 Å². The fourth-order valence-electron chi connectivity index (χ4n) is 2.98. The number of fused-ring (bicyclic) bond motifs is 1. The molecule has 1 aliphatic heterocycles. The van der Waals surface area contributed by atoms with Crippen LogP contribution in [0.1, 0.15) is 34.3 Å². The summed E-state index contributed by atoms with van der Waals surface area (Å²) >= 11 is 1.82. The Balaban J connectivity index is 2.01. The lowest BCUT2D eigenvalue weighted by Gasteiger charge is -2.23. The van der Waals surface area contributed by atoms with Crippen LogP contribution in [-0.4, -0.2) is 18.0 Å². The van der Waals surface area contributed by atoms with Crippen LogP contribution in [0.4, 0.5) is 0 Å². The number of benzene rings is 2. The van der Waals surface area contributed by atoms with Gasteiger partial charge in [-0.2, -0.15) is 0 Å². The normalized spacial score (nSPS) is 18.4. The molecule has 0 spiro atoms. The van der Waals surface area contributed by atoms with Crippen molar-refractivity contribution >= 4 is 11.8 Å². The van der Waals surface area contributed by atoms with E-state index in [2.05, 4.69) is 31.2 Å². The highest BCUT2D eigenvalue weighted by molar-refractivity contribution is 7.99. The second-order valence-corrected chi connectivity index (χ2v) is 6.59. The maximum atomic E-state index is 10.9. The Morgan fingerprint density at radius 3 is 2.71 bits per heavy atom. The van der Waals surface area contributed by atoms with Gasteiger partial charge in [-0.1, -0.05) is 30.3 Å². The summed E-state index contributed by atoms with van der Waals surface area (Å²) in [4.78, 5) is 1.28. The Labute approximate surface area is 130 Å². The molecule has 3 rings (SSSR count). The second-order valence-electron chi connectivity index (χ2n) is 5.53. The van der Waals surface area contributed by atoms with Crippen LogP contribution < -0.4 is 4.74 Å². The monoisotopic (exact) mass is 300 g/mol. The Bertz CT molecular complexity index is 666. The van der Waals surface area contributed by atoms with E-state index in [0.29, 0.717) is 0 Å². The zero-order valence-corrected chi connectivity index (χ0v) is 13.4. The molecule has 2 aromatic carbocycles. The first kappa shape index (κ1) is 14.5. The Kier molecular flexibility index (Phi) is 3.96. The zero-order valence-electron chi connectivity index (χ0n) is 12.6. The maximum absolute atomic E-state index is 10.9. The van der Waals surface area contributed by atoms with Crippen LogP contribution in [0.2, 0.25) is 0 Å². The van der Waals surface area contributed by atoms with E-state index in [1.165, 1.54) is 16.0 Å². The molecule has 1 heterocycles.